The van der Waals surface area contributed by atoms with Crippen molar-refractivity contribution in [1.82, 2.24) is 4.98 Å². The van der Waals surface area contributed by atoms with Crippen molar-refractivity contribution >= 4 is 27.8 Å². The molecular formula is C14H15NO6S. The Hall–Kier alpha value is -1.90. The number of benzene rings is 1. The second kappa shape index (κ2) is 6.91. The average molecular weight is 325 g/mol. The van der Waals surface area contributed by atoms with E-state index in [1.54, 1.807) is 6.07 Å². The van der Waals surface area contributed by atoms with Crippen LogP contribution in [0.2, 0.25) is 0 Å². The highest BCUT2D eigenvalue weighted by Gasteiger charge is 2.22. The monoisotopic (exact) mass is 325 g/mol. The topological polar surface area (TPSA) is 121 Å². The average Bonchev–Trinajstić information content (AvgIpc) is 2.44. The van der Waals surface area contributed by atoms with E-state index in [4.69, 9.17) is 0 Å². The summed E-state index contributed by atoms with van der Waals surface area (Å²) in [5.41, 5.74) is -0.482. The number of aliphatic hydroxyl groups is 2. The van der Waals surface area contributed by atoms with Crippen LogP contribution in [0.3, 0.4) is 0 Å². The molecule has 1 aromatic heterocycles. The molecule has 0 saturated carbocycles. The van der Waals surface area contributed by atoms with Crippen LogP contribution in [0, 0.1) is 0 Å². The maximum absolute atomic E-state index is 11.8. The van der Waals surface area contributed by atoms with Crippen LogP contribution in [0.25, 0.3) is 10.9 Å². The highest BCUT2D eigenvalue weighted by molar-refractivity contribution is 8.13. The van der Waals surface area contributed by atoms with E-state index in [0.29, 0.717) is 5.75 Å². The van der Waals surface area contributed by atoms with Crippen LogP contribution in [-0.4, -0.2) is 32.2 Å². The summed E-state index contributed by atoms with van der Waals surface area (Å²) in [6.45, 7) is 1.42. The van der Waals surface area contributed by atoms with Gasteiger partial charge in [-0.3, -0.25) is 9.78 Å². The lowest BCUT2D eigenvalue weighted by atomic mass is 9.99. The summed E-state index contributed by atoms with van der Waals surface area (Å²) >= 11 is 1.04. The Labute approximate surface area is 129 Å². The van der Waals surface area contributed by atoms with E-state index in [9.17, 15) is 24.6 Å². The number of H-pyrrole nitrogens is 1. The highest BCUT2D eigenvalue weighted by atomic mass is 32.2. The van der Waals surface area contributed by atoms with Gasteiger partial charge in [-0.05, 0) is 18.1 Å². The maximum atomic E-state index is 11.8. The number of aliphatic hydroxyl groups excluding tert-OH is 2. The van der Waals surface area contributed by atoms with E-state index in [-0.39, 0.29) is 28.0 Å². The Kier molecular flexibility index (Phi) is 5.17. The summed E-state index contributed by atoms with van der Waals surface area (Å²) in [4.78, 5) is 36.2. The third kappa shape index (κ3) is 3.65. The molecular weight excluding hydrogens is 310 g/mol. The van der Waals surface area contributed by atoms with Gasteiger partial charge in [0, 0.05) is 12.7 Å². The van der Waals surface area contributed by atoms with Crippen molar-refractivity contribution in [2.75, 3.05) is 5.75 Å². The first-order valence-electron chi connectivity index (χ1n) is 6.55. The standard InChI is InChI=1S/C14H15NO6S/c1-7(16)22-6-5-10(17)12(18)8-3-2-4-9-11(8)13(19)21-14(20)15-9/h2-4,10,12,17-18H,5-6H2,1H3,(H,15,20). The summed E-state index contributed by atoms with van der Waals surface area (Å²) < 4.78 is 4.47. The molecule has 2 rings (SSSR count). The fraction of sp³-hybridized carbons (Fsp3) is 0.357. The zero-order chi connectivity index (χ0) is 16.3. The van der Waals surface area contributed by atoms with E-state index in [1.807, 2.05) is 0 Å². The molecule has 22 heavy (non-hydrogen) atoms. The van der Waals surface area contributed by atoms with Crippen LogP contribution in [-0.2, 0) is 4.79 Å². The van der Waals surface area contributed by atoms with E-state index < -0.39 is 23.6 Å². The van der Waals surface area contributed by atoms with Gasteiger partial charge < -0.3 is 14.6 Å². The fourth-order valence-corrected chi connectivity index (χ4v) is 2.75. The minimum Gasteiger partial charge on any atom is -0.390 e. The SMILES string of the molecule is CC(=O)SCCC(O)C(O)c1cccc2[nH]c(=O)oc(=O)c12. The molecule has 2 aromatic rings. The Morgan fingerprint density at radius 2 is 2.09 bits per heavy atom. The lowest BCUT2D eigenvalue weighted by Crippen LogP contribution is -2.22. The van der Waals surface area contributed by atoms with Gasteiger partial charge in [0.15, 0.2) is 5.12 Å². The van der Waals surface area contributed by atoms with Crippen molar-refractivity contribution in [1.29, 1.82) is 0 Å². The zero-order valence-electron chi connectivity index (χ0n) is 11.7. The first-order valence-corrected chi connectivity index (χ1v) is 7.54. The van der Waals surface area contributed by atoms with Gasteiger partial charge in [-0.2, -0.15) is 0 Å². The van der Waals surface area contributed by atoms with Crippen LogP contribution >= 0.6 is 11.8 Å². The maximum Gasteiger partial charge on any atom is 0.419 e. The largest absolute Gasteiger partial charge is 0.419 e. The second-order valence-corrected chi connectivity index (χ2v) is 5.98. The van der Waals surface area contributed by atoms with Crippen molar-refractivity contribution in [3.05, 3.63) is 44.7 Å². The molecule has 0 aliphatic heterocycles. The van der Waals surface area contributed by atoms with E-state index in [2.05, 4.69) is 9.40 Å². The number of fused-ring (bicyclic) bond motifs is 1. The molecule has 0 fully saturated rings. The van der Waals surface area contributed by atoms with Crippen molar-refractivity contribution in [2.45, 2.75) is 25.6 Å². The number of aromatic nitrogens is 1. The predicted molar refractivity (Wildman–Crippen MR) is 81.8 cm³/mol. The van der Waals surface area contributed by atoms with Gasteiger partial charge in [0.05, 0.1) is 17.0 Å². The van der Waals surface area contributed by atoms with Crippen LogP contribution in [0.15, 0.2) is 32.2 Å². The highest BCUT2D eigenvalue weighted by Crippen LogP contribution is 2.25. The van der Waals surface area contributed by atoms with Gasteiger partial charge in [0.25, 0.3) is 0 Å². The molecule has 1 aromatic carbocycles. The minimum atomic E-state index is -1.33. The first kappa shape index (κ1) is 16.5. The molecule has 0 radical (unpaired) electrons. The number of hydrogen-bond donors (Lipinski definition) is 3. The normalized spacial score (nSPS) is 14.0. The van der Waals surface area contributed by atoms with Crippen molar-refractivity contribution in [3.63, 3.8) is 0 Å². The van der Waals surface area contributed by atoms with E-state index in [1.165, 1.54) is 19.1 Å². The molecule has 0 amide bonds. The first-order chi connectivity index (χ1) is 10.4. The van der Waals surface area contributed by atoms with Gasteiger partial charge in [0.1, 0.15) is 6.10 Å². The predicted octanol–water partition coefficient (Wildman–Crippen LogP) is 0.545. The van der Waals surface area contributed by atoms with Crippen molar-refractivity contribution < 1.29 is 19.4 Å². The Morgan fingerprint density at radius 1 is 1.36 bits per heavy atom. The van der Waals surface area contributed by atoms with Gasteiger partial charge in [-0.1, -0.05) is 23.9 Å². The number of rotatable bonds is 5. The van der Waals surface area contributed by atoms with Gasteiger partial charge in [-0.15, -0.1) is 0 Å². The summed E-state index contributed by atoms with van der Waals surface area (Å²) in [5.74, 6) is -0.536. The quantitative estimate of drug-likeness (QED) is 0.734. The third-order valence-corrected chi connectivity index (χ3v) is 3.97. The lowest BCUT2D eigenvalue weighted by Gasteiger charge is -2.18. The third-order valence-electron chi connectivity index (χ3n) is 3.12. The van der Waals surface area contributed by atoms with Gasteiger partial charge >= 0.3 is 11.4 Å². The van der Waals surface area contributed by atoms with E-state index >= 15 is 0 Å². The number of nitrogens with one attached hydrogen (secondary N) is 1. The smallest absolute Gasteiger partial charge is 0.390 e. The summed E-state index contributed by atoms with van der Waals surface area (Å²) in [6, 6.07) is 4.53. The zero-order valence-corrected chi connectivity index (χ0v) is 12.6. The molecule has 2 unspecified atom stereocenters. The number of carbonyl (C=O) groups is 1. The summed E-state index contributed by atoms with van der Waals surface area (Å²) in [5, 5.41) is 20.2. The number of hydrogen-bond acceptors (Lipinski definition) is 7. The molecule has 3 N–H and O–H groups in total. The Morgan fingerprint density at radius 3 is 2.77 bits per heavy atom. The van der Waals surface area contributed by atoms with Crippen LogP contribution in [0.1, 0.15) is 25.0 Å². The molecule has 8 heteroatoms. The molecule has 1 heterocycles. The molecule has 2 atom stereocenters. The Bertz CT molecular complexity index is 796. The summed E-state index contributed by atoms with van der Waals surface area (Å²) in [7, 11) is 0. The molecule has 0 aliphatic rings. The summed E-state index contributed by atoms with van der Waals surface area (Å²) in [6.07, 6.45) is -2.30. The number of carbonyl (C=O) groups excluding carboxylic acids is 1. The number of thioether (sulfide) groups is 1. The molecule has 7 nitrogen and oxygen atoms in total. The van der Waals surface area contributed by atoms with Crippen LogP contribution in [0.5, 0.6) is 0 Å². The minimum absolute atomic E-state index is 0.0212. The van der Waals surface area contributed by atoms with Crippen LogP contribution < -0.4 is 11.4 Å². The van der Waals surface area contributed by atoms with Crippen molar-refractivity contribution in [3.8, 4) is 0 Å². The molecule has 0 saturated heterocycles. The lowest BCUT2D eigenvalue weighted by molar-refractivity contribution is -0.109. The molecule has 0 aliphatic carbocycles. The van der Waals surface area contributed by atoms with Gasteiger partial charge in [0.2, 0.25) is 0 Å². The van der Waals surface area contributed by atoms with Crippen molar-refractivity contribution in [2.24, 2.45) is 0 Å². The number of aromatic amines is 1. The van der Waals surface area contributed by atoms with Gasteiger partial charge in [-0.25, -0.2) is 9.59 Å². The Balaban J connectivity index is 2.32. The second-order valence-electron chi connectivity index (χ2n) is 4.71. The molecule has 0 bridgehead atoms. The van der Waals surface area contributed by atoms with E-state index in [0.717, 1.165) is 11.8 Å². The fourth-order valence-electron chi connectivity index (χ4n) is 2.11. The molecule has 0 spiro atoms. The van der Waals surface area contributed by atoms with Crippen LogP contribution in [0.4, 0.5) is 0 Å². The molecule has 118 valence electrons.